The summed E-state index contributed by atoms with van der Waals surface area (Å²) in [6.45, 7) is 0.488. The minimum Gasteiger partial charge on any atom is -0.341 e. The first kappa shape index (κ1) is 16.2. The smallest absolute Gasteiger partial charge is 0.233 e. The average Bonchev–Trinajstić information content (AvgIpc) is 2.50. The third-order valence-corrected chi connectivity index (χ3v) is 3.84. The van der Waals surface area contributed by atoms with E-state index >= 15 is 0 Å². The van der Waals surface area contributed by atoms with Gasteiger partial charge in [-0.1, -0.05) is 42.5 Å². The quantitative estimate of drug-likeness (QED) is 0.830. The van der Waals surface area contributed by atoms with Gasteiger partial charge in [-0.05, 0) is 33.6 Å². The van der Waals surface area contributed by atoms with E-state index in [9.17, 15) is 9.59 Å². The van der Waals surface area contributed by atoms with Crippen LogP contribution in [0.4, 0.5) is 5.69 Å². The molecule has 5 heteroatoms. The van der Waals surface area contributed by atoms with Crippen molar-refractivity contribution < 1.29 is 9.59 Å². The molecule has 0 saturated carbocycles. The highest BCUT2D eigenvalue weighted by Crippen LogP contribution is 2.21. The summed E-state index contributed by atoms with van der Waals surface area (Å²) in [5.41, 5.74) is 1.69. The van der Waals surface area contributed by atoms with Crippen molar-refractivity contribution in [3.63, 3.8) is 0 Å². The van der Waals surface area contributed by atoms with E-state index in [-0.39, 0.29) is 18.2 Å². The van der Waals surface area contributed by atoms with Crippen LogP contribution in [0.5, 0.6) is 0 Å². The highest BCUT2D eigenvalue weighted by molar-refractivity contribution is 9.10. The number of rotatable bonds is 5. The van der Waals surface area contributed by atoms with E-state index in [2.05, 4.69) is 21.2 Å². The summed E-state index contributed by atoms with van der Waals surface area (Å²) in [5.74, 6) is -0.537. The van der Waals surface area contributed by atoms with Crippen molar-refractivity contribution in [3.8, 4) is 0 Å². The third kappa shape index (κ3) is 4.70. The number of anilines is 1. The number of hydrogen-bond acceptors (Lipinski definition) is 2. The van der Waals surface area contributed by atoms with Crippen molar-refractivity contribution in [2.75, 3.05) is 12.4 Å². The van der Waals surface area contributed by atoms with E-state index < -0.39 is 0 Å². The molecule has 114 valence electrons. The predicted molar refractivity (Wildman–Crippen MR) is 90.3 cm³/mol. The fourth-order valence-corrected chi connectivity index (χ4v) is 2.36. The van der Waals surface area contributed by atoms with Crippen LogP contribution >= 0.6 is 15.9 Å². The van der Waals surface area contributed by atoms with Crippen molar-refractivity contribution >= 4 is 33.4 Å². The minimum absolute atomic E-state index is 0.176. The lowest BCUT2D eigenvalue weighted by molar-refractivity contribution is -0.133. The van der Waals surface area contributed by atoms with Crippen molar-refractivity contribution in [2.45, 2.75) is 13.0 Å². The van der Waals surface area contributed by atoms with Crippen LogP contribution in [0, 0.1) is 0 Å². The van der Waals surface area contributed by atoms with Crippen molar-refractivity contribution in [1.82, 2.24) is 4.90 Å². The van der Waals surface area contributed by atoms with Crippen molar-refractivity contribution in [3.05, 3.63) is 64.6 Å². The summed E-state index contributed by atoms with van der Waals surface area (Å²) >= 11 is 3.35. The number of benzene rings is 2. The zero-order valence-electron chi connectivity index (χ0n) is 12.3. The Hall–Kier alpha value is -2.14. The van der Waals surface area contributed by atoms with E-state index in [4.69, 9.17) is 0 Å². The second-order valence-electron chi connectivity index (χ2n) is 4.94. The largest absolute Gasteiger partial charge is 0.341 e. The highest BCUT2D eigenvalue weighted by Gasteiger charge is 2.15. The van der Waals surface area contributed by atoms with Crippen LogP contribution in [-0.2, 0) is 16.1 Å². The highest BCUT2D eigenvalue weighted by atomic mass is 79.9. The number of amides is 2. The molecule has 0 spiro atoms. The molecule has 0 unspecified atom stereocenters. The number of hydrogen-bond donors (Lipinski definition) is 1. The molecule has 0 aliphatic rings. The molecular weight excluding hydrogens is 344 g/mol. The SMILES string of the molecule is CN(Cc1ccccc1)C(=O)CC(=O)Nc1ccccc1Br. The maximum absolute atomic E-state index is 12.1. The summed E-state index contributed by atoms with van der Waals surface area (Å²) in [4.78, 5) is 25.6. The van der Waals surface area contributed by atoms with Crippen LogP contribution in [0.25, 0.3) is 0 Å². The minimum atomic E-state index is -0.322. The fraction of sp³-hybridized carbons (Fsp3) is 0.176. The number of nitrogens with one attached hydrogen (secondary N) is 1. The van der Waals surface area contributed by atoms with Crippen LogP contribution < -0.4 is 5.32 Å². The number of carbonyl (C=O) groups excluding carboxylic acids is 2. The zero-order valence-corrected chi connectivity index (χ0v) is 13.8. The summed E-state index contributed by atoms with van der Waals surface area (Å²) in [6.07, 6.45) is -0.176. The van der Waals surface area contributed by atoms with Gasteiger partial charge in [0.2, 0.25) is 11.8 Å². The molecule has 0 atom stereocenters. The Balaban J connectivity index is 1.88. The normalized spacial score (nSPS) is 10.1. The second-order valence-corrected chi connectivity index (χ2v) is 5.79. The third-order valence-electron chi connectivity index (χ3n) is 3.15. The molecule has 0 fully saturated rings. The molecule has 2 amide bonds. The molecule has 0 aliphatic heterocycles. The first-order valence-corrected chi connectivity index (χ1v) is 7.68. The molecule has 2 rings (SSSR count). The van der Waals surface area contributed by atoms with Crippen LogP contribution in [-0.4, -0.2) is 23.8 Å². The molecule has 0 aliphatic carbocycles. The van der Waals surface area contributed by atoms with Gasteiger partial charge in [-0.15, -0.1) is 0 Å². The number of para-hydroxylation sites is 1. The fourth-order valence-electron chi connectivity index (χ4n) is 1.97. The topological polar surface area (TPSA) is 49.4 Å². The average molecular weight is 361 g/mol. The van der Waals surface area contributed by atoms with Gasteiger partial charge in [0, 0.05) is 18.1 Å². The first-order chi connectivity index (χ1) is 10.6. The molecule has 4 nitrogen and oxygen atoms in total. The predicted octanol–water partition coefficient (Wildman–Crippen LogP) is 3.44. The number of halogens is 1. The van der Waals surface area contributed by atoms with E-state index in [1.807, 2.05) is 48.5 Å². The summed E-state index contributed by atoms with van der Waals surface area (Å²) in [7, 11) is 1.70. The molecule has 22 heavy (non-hydrogen) atoms. The van der Waals surface area contributed by atoms with Gasteiger partial charge in [0.15, 0.2) is 0 Å². The molecule has 0 saturated heterocycles. The summed E-state index contributed by atoms with van der Waals surface area (Å²) < 4.78 is 0.786. The molecule has 1 N–H and O–H groups in total. The molecule has 2 aromatic carbocycles. The molecule has 2 aromatic rings. The van der Waals surface area contributed by atoms with Crippen LogP contribution in [0.15, 0.2) is 59.1 Å². The zero-order chi connectivity index (χ0) is 15.9. The van der Waals surface area contributed by atoms with Crippen LogP contribution in [0.1, 0.15) is 12.0 Å². The maximum Gasteiger partial charge on any atom is 0.233 e. The Labute approximate surface area is 138 Å². The van der Waals surface area contributed by atoms with E-state index in [1.165, 1.54) is 0 Å². The van der Waals surface area contributed by atoms with E-state index in [0.717, 1.165) is 10.0 Å². The molecule has 0 aromatic heterocycles. The Morgan fingerprint density at radius 3 is 2.36 bits per heavy atom. The van der Waals surface area contributed by atoms with Gasteiger partial charge in [-0.3, -0.25) is 9.59 Å². The lowest BCUT2D eigenvalue weighted by atomic mass is 10.2. The van der Waals surface area contributed by atoms with Gasteiger partial charge in [0.1, 0.15) is 6.42 Å². The molecule has 0 bridgehead atoms. The standard InChI is InChI=1S/C17H17BrN2O2/c1-20(12-13-7-3-2-4-8-13)17(22)11-16(21)19-15-10-6-5-9-14(15)18/h2-10H,11-12H2,1H3,(H,19,21). The molecule has 0 heterocycles. The number of nitrogens with zero attached hydrogens (tertiary/aromatic N) is 1. The van der Waals surface area contributed by atoms with Gasteiger partial charge in [-0.25, -0.2) is 0 Å². The molecule has 0 radical (unpaired) electrons. The Morgan fingerprint density at radius 2 is 1.68 bits per heavy atom. The van der Waals surface area contributed by atoms with Gasteiger partial charge in [-0.2, -0.15) is 0 Å². The lowest BCUT2D eigenvalue weighted by Crippen LogP contribution is -2.30. The van der Waals surface area contributed by atoms with Crippen molar-refractivity contribution in [1.29, 1.82) is 0 Å². The van der Waals surface area contributed by atoms with Gasteiger partial charge in [0.25, 0.3) is 0 Å². The Bertz CT molecular complexity index is 659. The van der Waals surface area contributed by atoms with E-state index in [1.54, 1.807) is 18.0 Å². The Kier molecular flexibility index (Phi) is 5.72. The van der Waals surface area contributed by atoms with Gasteiger partial charge in [0.05, 0.1) is 5.69 Å². The monoisotopic (exact) mass is 360 g/mol. The second kappa shape index (κ2) is 7.75. The molecular formula is C17H17BrN2O2. The van der Waals surface area contributed by atoms with Crippen LogP contribution in [0.2, 0.25) is 0 Å². The van der Waals surface area contributed by atoms with Gasteiger partial charge >= 0.3 is 0 Å². The lowest BCUT2D eigenvalue weighted by Gasteiger charge is -2.17. The summed E-state index contributed by atoms with van der Waals surface area (Å²) in [6, 6.07) is 17.0. The van der Waals surface area contributed by atoms with E-state index in [0.29, 0.717) is 12.2 Å². The number of carbonyl (C=O) groups is 2. The Morgan fingerprint density at radius 1 is 1.05 bits per heavy atom. The summed E-state index contributed by atoms with van der Waals surface area (Å²) in [5, 5.41) is 2.73. The maximum atomic E-state index is 12.1. The van der Waals surface area contributed by atoms with Gasteiger partial charge < -0.3 is 10.2 Å². The van der Waals surface area contributed by atoms with Crippen molar-refractivity contribution in [2.24, 2.45) is 0 Å². The van der Waals surface area contributed by atoms with Crippen LogP contribution in [0.3, 0.4) is 0 Å². The first-order valence-electron chi connectivity index (χ1n) is 6.88.